The fourth-order valence-corrected chi connectivity index (χ4v) is 4.72. The Morgan fingerprint density at radius 3 is 2.45 bits per heavy atom. The lowest BCUT2D eigenvalue weighted by molar-refractivity contribution is -0.129. The number of hydrogen-bond acceptors (Lipinski definition) is 7. The van der Waals surface area contributed by atoms with Gasteiger partial charge in [0.1, 0.15) is 0 Å². The van der Waals surface area contributed by atoms with E-state index in [1.54, 1.807) is 6.07 Å². The van der Waals surface area contributed by atoms with E-state index in [-0.39, 0.29) is 22.4 Å². The zero-order valence-corrected chi connectivity index (χ0v) is 19.1. The van der Waals surface area contributed by atoms with E-state index in [0.717, 1.165) is 30.0 Å². The van der Waals surface area contributed by atoms with Crippen molar-refractivity contribution in [1.82, 2.24) is 9.62 Å². The van der Waals surface area contributed by atoms with Crippen molar-refractivity contribution < 1.29 is 27.5 Å². The number of carbonyl (C=O) groups excluding carboxylic acids is 2. The SMILES string of the molecule is C[C@H](OC(=O)c1cc(S(=O)(=O)N(C)C)ccc1N1CCOCC1)C(=O)NC1CCCC1. The second kappa shape index (κ2) is 9.97. The highest BCUT2D eigenvalue weighted by Crippen LogP contribution is 2.27. The molecule has 1 aromatic carbocycles. The molecule has 1 saturated heterocycles. The highest BCUT2D eigenvalue weighted by atomic mass is 32.2. The van der Waals surface area contributed by atoms with Gasteiger partial charge < -0.3 is 19.7 Å². The number of rotatable bonds is 7. The summed E-state index contributed by atoms with van der Waals surface area (Å²) in [5.74, 6) is -1.07. The van der Waals surface area contributed by atoms with E-state index in [4.69, 9.17) is 9.47 Å². The van der Waals surface area contributed by atoms with Crippen molar-refractivity contribution in [3.63, 3.8) is 0 Å². The molecule has 2 fully saturated rings. The van der Waals surface area contributed by atoms with E-state index >= 15 is 0 Å². The fraction of sp³-hybridized carbons (Fsp3) is 0.619. The number of ether oxygens (including phenoxy) is 2. The van der Waals surface area contributed by atoms with Crippen LogP contribution in [0.15, 0.2) is 23.1 Å². The Morgan fingerprint density at radius 2 is 1.84 bits per heavy atom. The van der Waals surface area contributed by atoms with E-state index in [0.29, 0.717) is 32.0 Å². The lowest BCUT2D eigenvalue weighted by Gasteiger charge is -2.30. The summed E-state index contributed by atoms with van der Waals surface area (Å²) >= 11 is 0. The molecule has 1 amide bonds. The molecule has 0 aromatic heterocycles. The number of sulfonamides is 1. The fourth-order valence-electron chi connectivity index (χ4n) is 3.80. The first-order chi connectivity index (χ1) is 14.7. The van der Waals surface area contributed by atoms with E-state index < -0.39 is 22.1 Å². The van der Waals surface area contributed by atoms with Crippen LogP contribution in [0.1, 0.15) is 43.0 Å². The van der Waals surface area contributed by atoms with E-state index in [2.05, 4.69) is 5.32 Å². The third-order valence-electron chi connectivity index (χ3n) is 5.67. The molecule has 0 bridgehead atoms. The molecule has 1 heterocycles. The van der Waals surface area contributed by atoms with E-state index in [9.17, 15) is 18.0 Å². The molecule has 9 nitrogen and oxygen atoms in total. The molecule has 0 unspecified atom stereocenters. The maximum Gasteiger partial charge on any atom is 0.341 e. The highest BCUT2D eigenvalue weighted by Gasteiger charge is 2.28. The van der Waals surface area contributed by atoms with Crippen LogP contribution in [-0.4, -0.2) is 77.1 Å². The van der Waals surface area contributed by atoms with Crippen LogP contribution in [0.2, 0.25) is 0 Å². The van der Waals surface area contributed by atoms with Crippen molar-refractivity contribution in [2.24, 2.45) is 0 Å². The van der Waals surface area contributed by atoms with Crippen LogP contribution >= 0.6 is 0 Å². The Labute approximate surface area is 183 Å². The molecule has 3 rings (SSSR count). The Balaban J connectivity index is 1.84. The summed E-state index contributed by atoms with van der Waals surface area (Å²) in [6.45, 7) is 3.67. The summed E-state index contributed by atoms with van der Waals surface area (Å²) in [7, 11) is -0.879. The van der Waals surface area contributed by atoms with E-state index in [1.165, 1.54) is 33.2 Å². The number of amides is 1. The quantitative estimate of drug-likeness (QED) is 0.622. The molecule has 0 spiro atoms. The monoisotopic (exact) mass is 453 g/mol. The molecule has 10 heteroatoms. The summed E-state index contributed by atoms with van der Waals surface area (Å²) in [4.78, 5) is 27.4. The summed E-state index contributed by atoms with van der Waals surface area (Å²) in [5.41, 5.74) is 0.680. The average molecular weight is 454 g/mol. The molecule has 1 aromatic rings. The first-order valence-corrected chi connectivity index (χ1v) is 12.0. The van der Waals surface area contributed by atoms with Gasteiger partial charge in [-0.05, 0) is 38.0 Å². The molecule has 1 aliphatic heterocycles. The van der Waals surface area contributed by atoms with Crippen LogP contribution in [0.25, 0.3) is 0 Å². The van der Waals surface area contributed by atoms with Gasteiger partial charge >= 0.3 is 5.97 Å². The number of nitrogens with zero attached hydrogens (tertiary/aromatic N) is 2. The number of carbonyl (C=O) groups is 2. The number of nitrogens with one attached hydrogen (secondary N) is 1. The predicted octanol–water partition coefficient (Wildman–Crippen LogP) is 1.38. The first-order valence-electron chi connectivity index (χ1n) is 10.6. The van der Waals surface area contributed by atoms with Gasteiger partial charge in [0.2, 0.25) is 10.0 Å². The number of morpholine rings is 1. The zero-order chi connectivity index (χ0) is 22.6. The van der Waals surface area contributed by atoms with Gasteiger partial charge in [-0.2, -0.15) is 0 Å². The average Bonchev–Trinajstić information content (AvgIpc) is 3.26. The third kappa shape index (κ3) is 5.55. The topological polar surface area (TPSA) is 105 Å². The van der Waals surface area contributed by atoms with Crippen LogP contribution in [0.3, 0.4) is 0 Å². The zero-order valence-electron chi connectivity index (χ0n) is 18.3. The molecule has 1 atom stereocenters. The Kier molecular flexibility index (Phi) is 7.55. The molecule has 0 radical (unpaired) electrons. The number of esters is 1. The number of hydrogen-bond donors (Lipinski definition) is 1. The normalized spacial score (nSPS) is 18.8. The molecule has 31 heavy (non-hydrogen) atoms. The molecule has 1 aliphatic carbocycles. The van der Waals surface area contributed by atoms with Gasteiger partial charge in [-0.3, -0.25) is 4.79 Å². The van der Waals surface area contributed by atoms with Crippen LogP contribution in [0, 0.1) is 0 Å². The molecule has 1 N–H and O–H groups in total. The second-order valence-corrected chi connectivity index (χ2v) is 10.3. The smallest absolute Gasteiger partial charge is 0.341 e. The Bertz CT molecular complexity index is 906. The van der Waals surface area contributed by atoms with Gasteiger partial charge in [0, 0.05) is 33.2 Å². The lowest BCUT2D eigenvalue weighted by Crippen LogP contribution is -2.41. The van der Waals surface area contributed by atoms with E-state index in [1.807, 2.05) is 4.90 Å². The van der Waals surface area contributed by atoms with Crippen molar-refractivity contribution in [1.29, 1.82) is 0 Å². The first kappa shape index (κ1) is 23.5. The maximum absolute atomic E-state index is 13.0. The highest BCUT2D eigenvalue weighted by molar-refractivity contribution is 7.89. The van der Waals surface area contributed by atoms with Crippen LogP contribution in [0.4, 0.5) is 5.69 Å². The van der Waals surface area contributed by atoms with Crippen LogP contribution in [0.5, 0.6) is 0 Å². The maximum atomic E-state index is 13.0. The van der Waals surface area contributed by atoms with Gasteiger partial charge in [0.25, 0.3) is 5.91 Å². The predicted molar refractivity (Wildman–Crippen MR) is 116 cm³/mol. The number of benzene rings is 1. The van der Waals surface area contributed by atoms with Gasteiger partial charge in [-0.25, -0.2) is 17.5 Å². The minimum Gasteiger partial charge on any atom is -0.449 e. The van der Waals surface area contributed by atoms with Crippen LogP contribution in [-0.2, 0) is 24.3 Å². The summed E-state index contributed by atoms with van der Waals surface area (Å²) in [6.07, 6.45) is 3.03. The van der Waals surface area contributed by atoms with Gasteiger partial charge in [-0.15, -0.1) is 0 Å². The van der Waals surface area contributed by atoms with Gasteiger partial charge in [-0.1, -0.05) is 12.8 Å². The largest absolute Gasteiger partial charge is 0.449 e. The minimum atomic E-state index is -3.74. The number of anilines is 1. The van der Waals surface area contributed by atoms with Crippen molar-refractivity contribution in [3.05, 3.63) is 23.8 Å². The van der Waals surface area contributed by atoms with Gasteiger partial charge in [0.05, 0.1) is 29.4 Å². The van der Waals surface area contributed by atoms with Crippen LogP contribution < -0.4 is 10.2 Å². The Hall–Kier alpha value is -2.17. The van der Waals surface area contributed by atoms with Crippen molar-refractivity contribution >= 4 is 27.6 Å². The molecular weight excluding hydrogens is 422 g/mol. The molecule has 1 saturated carbocycles. The summed E-state index contributed by atoms with van der Waals surface area (Å²) in [5, 5.41) is 2.92. The molecule has 2 aliphatic rings. The Morgan fingerprint density at radius 1 is 1.19 bits per heavy atom. The van der Waals surface area contributed by atoms with Crippen molar-refractivity contribution in [2.75, 3.05) is 45.3 Å². The minimum absolute atomic E-state index is 0.00970. The third-order valence-corrected chi connectivity index (χ3v) is 7.48. The van der Waals surface area contributed by atoms with Crippen molar-refractivity contribution in [2.45, 2.75) is 49.6 Å². The molecule has 172 valence electrons. The lowest BCUT2D eigenvalue weighted by atomic mass is 10.1. The second-order valence-electron chi connectivity index (χ2n) is 8.10. The summed E-state index contributed by atoms with van der Waals surface area (Å²) in [6, 6.07) is 4.53. The van der Waals surface area contributed by atoms with Gasteiger partial charge in [0.15, 0.2) is 6.10 Å². The summed E-state index contributed by atoms with van der Waals surface area (Å²) < 4.78 is 37.1. The standard InChI is InChI=1S/C21H31N3O6S/c1-15(20(25)22-16-6-4-5-7-16)30-21(26)18-14-17(31(27,28)23(2)3)8-9-19(18)24-10-12-29-13-11-24/h8-9,14-16H,4-7,10-13H2,1-3H3,(H,22,25)/t15-/m0/s1. The van der Waals surface area contributed by atoms with Crippen molar-refractivity contribution in [3.8, 4) is 0 Å². The molecular formula is C21H31N3O6S.